The molecule has 20 heavy (non-hydrogen) atoms. The molecule has 3 N–H and O–H groups in total. The number of hydrogen-bond donors (Lipinski definition) is 2. The topological polar surface area (TPSA) is 55.1 Å². The van der Waals surface area contributed by atoms with Gasteiger partial charge < -0.3 is 11.1 Å². The van der Waals surface area contributed by atoms with Gasteiger partial charge in [0.15, 0.2) is 0 Å². The van der Waals surface area contributed by atoms with Gasteiger partial charge in [-0.2, -0.15) is 13.2 Å². The zero-order valence-electron chi connectivity index (χ0n) is 10.9. The second-order valence-corrected chi connectivity index (χ2v) is 5.27. The minimum absolute atomic E-state index is 0.0942. The van der Waals surface area contributed by atoms with Crippen molar-refractivity contribution in [3.63, 3.8) is 0 Å². The third-order valence-corrected chi connectivity index (χ3v) is 3.51. The van der Waals surface area contributed by atoms with Crippen LogP contribution in [-0.2, 0) is 17.4 Å². The maximum absolute atomic E-state index is 12.4. The normalized spacial score (nSPS) is 22.2. The Morgan fingerprint density at radius 2 is 1.85 bits per heavy atom. The molecule has 1 saturated carbocycles. The molecule has 1 fully saturated rings. The standard InChI is InChI=1S/C14H17F3N2O/c15-14(16,17)11-3-1-9(2-4-11)7-13(20)19-8-10-5-12(18)6-10/h1-4,10,12H,5-8,18H2,(H,19,20). The molecule has 0 heterocycles. The summed E-state index contributed by atoms with van der Waals surface area (Å²) in [6.07, 6.45) is -2.41. The van der Waals surface area contributed by atoms with E-state index in [1.165, 1.54) is 12.1 Å². The maximum Gasteiger partial charge on any atom is 0.416 e. The van der Waals surface area contributed by atoms with Crippen molar-refractivity contribution >= 4 is 5.91 Å². The van der Waals surface area contributed by atoms with Gasteiger partial charge in [-0.3, -0.25) is 4.79 Å². The summed E-state index contributed by atoms with van der Waals surface area (Å²) >= 11 is 0. The summed E-state index contributed by atoms with van der Waals surface area (Å²) in [6, 6.07) is 4.90. The Hall–Kier alpha value is -1.56. The molecule has 2 rings (SSSR count). The molecule has 110 valence electrons. The van der Waals surface area contributed by atoms with Crippen LogP contribution in [0.1, 0.15) is 24.0 Å². The van der Waals surface area contributed by atoms with Crippen molar-refractivity contribution in [3.05, 3.63) is 35.4 Å². The maximum atomic E-state index is 12.4. The van der Waals surface area contributed by atoms with Crippen LogP contribution in [-0.4, -0.2) is 18.5 Å². The summed E-state index contributed by atoms with van der Waals surface area (Å²) in [5, 5.41) is 2.78. The first-order valence-corrected chi connectivity index (χ1v) is 6.53. The number of amides is 1. The molecule has 3 nitrogen and oxygen atoms in total. The van der Waals surface area contributed by atoms with Crippen molar-refractivity contribution in [1.29, 1.82) is 0 Å². The SMILES string of the molecule is NC1CC(CNC(=O)Cc2ccc(C(F)(F)F)cc2)C1. The van der Waals surface area contributed by atoms with E-state index in [0.29, 0.717) is 18.0 Å². The zero-order chi connectivity index (χ0) is 14.8. The minimum atomic E-state index is -4.34. The molecule has 0 saturated heterocycles. The lowest BCUT2D eigenvalue weighted by Crippen LogP contribution is -2.42. The van der Waals surface area contributed by atoms with Crippen molar-refractivity contribution < 1.29 is 18.0 Å². The summed E-state index contributed by atoms with van der Waals surface area (Å²) in [5.74, 6) is 0.256. The van der Waals surface area contributed by atoms with Gasteiger partial charge in [0.05, 0.1) is 12.0 Å². The summed E-state index contributed by atoms with van der Waals surface area (Å²) in [4.78, 5) is 11.7. The molecule has 1 amide bonds. The van der Waals surface area contributed by atoms with Crippen molar-refractivity contribution in [2.75, 3.05) is 6.54 Å². The highest BCUT2D eigenvalue weighted by Gasteiger charge is 2.30. The molecule has 0 aliphatic heterocycles. The fourth-order valence-electron chi connectivity index (χ4n) is 2.27. The van der Waals surface area contributed by atoms with Crippen molar-refractivity contribution in [3.8, 4) is 0 Å². The van der Waals surface area contributed by atoms with E-state index >= 15 is 0 Å². The first-order valence-electron chi connectivity index (χ1n) is 6.53. The van der Waals surface area contributed by atoms with Crippen molar-refractivity contribution in [2.24, 2.45) is 11.7 Å². The van der Waals surface area contributed by atoms with Crippen LogP contribution in [0.2, 0.25) is 0 Å². The van der Waals surface area contributed by atoms with E-state index in [2.05, 4.69) is 5.32 Å². The molecule has 0 spiro atoms. The molecule has 6 heteroatoms. The van der Waals surface area contributed by atoms with E-state index in [1.807, 2.05) is 0 Å². The lowest BCUT2D eigenvalue weighted by atomic mass is 9.81. The van der Waals surface area contributed by atoms with Gasteiger partial charge in [0.25, 0.3) is 0 Å². The van der Waals surface area contributed by atoms with Crippen LogP contribution in [0.3, 0.4) is 0 Å². The predicted octanol–water partition coefficient (Wildman–Crippen LogP) is 2.10. The van der Waals surface area contributed by atoms with Gasteiger partial charge in [0.1, 0.15) is 0 Å². The van der Waals surface area contributed by atoms with Gasteiger partial charge in [-0.05, 0) is 36.5 Å². The van der Waals surface area contributed by atoms with Crippen molar-refractivity contribution in [2.45, 2.75) is 31.5 Å². The quantitative estimate of drug-likeness (QED) is 0.890. The molecule has 1 aliphatic carbocycles. The minimum Gasteiger partial charge on any atom is -0.356 e. The summed E-state index contributed by atoms with van der Waals surface area (Å²) in [7, 11) is 0. The summed E-state index contributed by atoms with van der Waals surface area (Å²) in [5.41, 5.74) is 5.51. The molecule has 0 unspecified atom stereocenters. The van der Waals surface area contributed by atoms with Gasteiger partial charge in [0, 0.05) is 12.6 Å². The Kier molecular flexibility index (Phi) is 4.32. The number of nitrogens with one attached hydrogen (secondary N) is 1. The van der Waals surface area contributed by atoms with Crippen LogP contribution >= 0.6 is 0 Å². The highest BCUT2D eigenvalue weighted by atomic mass is 19.4. The largest absolute Gasteiger partial charge is 0.416 e. The molecule has 0 atom stereocenters. The number of halogens is 3. The number of benzene rings is 1. The van der Waals surface area contributed by atoms with Gasteiger partial charge in [-0.25, -0.2) is 0 Å². The smallest absolute Gasteiger partial charge is 0.356 e. The monoisotopic (exact) mass is 286 g/mol. The second kappa shape index (κ2) is 5.83. The number of carbonyl (C=O) groups is 1. The van der Waals surface area contributed by atoms with Crippen LogP contribution < -0.4 is 11.1 Å². The van der Waals surface area contributed by atoms with E-state index in [1.54, 1.807) is 0 Å². The van der Waals surface area contributed by atoms with Crippen LogP contribution in [0, 0.1) is 5.92 Å². The van der Waals surface area contributed by atoms with E-state index in [-0.39, 0.29) is 18.4 Å². The highest BCUT2D eigenvalue weighted by Crippen LogP contribution is 2.29. The Balaban J connectivity index is 1.79. The van der Waals surface area contributed by atoms with Gasteiger partial charge >= 0.3 is 6.18 Å². The Labute approximate surface area is 115 Å². The summed E-state index contributed by atoms with van der Waals surface area (Å²) in [6.45, 7) is 0.590. The van der Waals surface area contributed by atoms with Gasteiger partial charge in [-0.15, -0.1) is 0 Å². The fourth-order valence-corrected chi connectivity index (χ4v) is 2.27. The molecule has 0 bridgehead atoms. The lowest BCUT2D eigenvalue weighted by Gasteiger charge is -2.32. The van der Waals surface area contributed by atoms with Crippen LogP contribution in [0.25, 0.3) is 0 Å². The fraction of sp³-hybridized carbons (Fsp3) is 0.500. The molecule has 1 aromatic carbocycles. The van der Waals surface area contributed by atoms with Gasteiger partial charge in [-0.1, -0.05) is 12.1 Å². The zero-order valence-corrected chi connectivity index (χ0v) is 10.9. The second-order valence-electron chi connectivity index (χ2n) is 5.27. The first-order chi connectivity index (χ1) is 9.34. The predicted molar refractivity (Wildman–Crippen MR) is 68.9 cm³/mol. The third kappa shape index (κ3) is 3.96. The number of nitrogens with two attached hydrogens (primary N) is 1. The molecular formula is C14H17F3N2O. The Morgan fingerprint density at radius 1 is 1.25 bits per heavy atom. The molecular weight excluding hydrogens is 269 g/mol. The highest BCUT2D eigenvalue weighted by molar-refractivity contribution is 5.78. The average molecular weight is 286 g/mol. The number of rotatable bonds is 4. The van der Waals surface area contributed by atoms with E-state index in [9.17, 15) is 18.0 Å². The summed E-state index contributed by atoms with van der Waals surface area (Å²) < 4.78 is 37.1. The lowest BCUT2D eigenvalue weighted by molar-refractivity contribution is -0.137. The first kappa shape index (κ1) is 14.8. The Morgan fingerprint density at radius 3 is 2.35 bits per heavy atom. The average Bonchev–Trinajstić information content (AvgIpc) is 2.33. The van der Waals surface area contributed by atoms with Crippen molar-refractivity contribution in [1.82, 2.24) is 5.32 Å². The van der Waals surface area contributed by atoms with E-state index in [0.717, 1.165) is 25.0 Å². The van der Waals surface area contributed by atoms with E-state index in [4.69, 9.17) is 5.73 Å². The van der Waals surface area contributed by atoms with E-state index < -0.39 is 11.7 Å². The molecule has 1 aliphatic rings. The number of alkyl halides is 3. The molecule has 1 aromatic rings. The van der Waals surface area contributed by atoms with Crippen LogP contribution in [0.15, 0.2) is 24.3 Å². The van der Waals surface area contributed by atoms with Gasteiger partial charge in [0.2, 0.25) is 5.91 Å². The van der Waals surface area contributed by atoms with Crippen LogP contribution in [0.4, 0.5) is 13.2 Å². The molecule has 0 aromatic heterocycles. The number of carbonyl (C=O) groups excluding carboxylic acids is 1. The Bertz CT molecular complexity index is 464. The third-order valence-electron chi connectivity index (χ3n) is 3.51. The molecule has 0 radical (unpaired) electrons. The number of hydrogen-bond acceptors (Lipinski definition) is 2. The van der Waals surface area contributed by atoms with Crippen LogP contribution in [0.5, 0.6) is 0 Å².